The van der Waals surface area contributed by atoms with Crippen LogP contribution in [0.4, 0.5) is 5.69 Å². The van der Waals surface area contributed by atoms with Gasteiger partial charge in [0.05, 0.1) is 40.8 Å². The number of fused-ring (bicyclic) bond motifs is 2. The van der Waals surface area contributed by atoms with Gasteiger partial charge in [0.1, 0.15) is 16.8 Å². The third-order valence-corrected chi connectivity index (χ3v) is 8.11. The van der Waals surface area contributed by atoms with Crippen LogP contribution in [0, 0.1) is 0 Å². The van der Waals surface area contributed by atoms with E-state index in [1.54, 1.807) is 30.7 Å². The van der Waals surface area contributed by atoms with E-state index in [1.165, 1.54) is 5.56 Å². The van der Waals surface area contributed by atoms with Crippen molar-refractivity contribution in [1.29, 1.82) is 0 Å². The lowest BCUT2D eigenvalue weighted by atomic mass is 9.80. The normalized spacial score (nSPS) is 19.4. The number of anilines is 1. The van der Waals surface area contributed by atoms with Crippen LogP contribution in [0.15, 0.2) is 48.9 Å². The van der Waals surface area contributed by atoms with Crippen molar-refractivity contribution in [3.8, 4) is 0 Å². The molecule has 170 valence electrons. The molecule has 0 radical (unpaired) electrons. The standard InChI is InChI=1S/C23H28ClN5O2S/c1-6-23(5)15(2)28(20-12-25-10-9-17(20)23)13-21-26-18-8-7-16(24)11-19(18)29(21)27-32(31)22(3,4)14-30/h7-12,27,30H,2,6,13-14H2,1,3-5H3. The van der Waals surface area contributed by atoms with Crippen LogP contribution < -0.4 is 9.73 Å². The molecule has 0 bridgehead atoms. The molecule has 2 atom stereocenters. The molecule has 2 N–H and O–H groups in total. The Kier molecular flexibility index (Phi) is 5.81. The van der Waals surface area contributed by atoms with Crippen LogP contribution in [0.3, 0.4) is 0 Å². The van der Waals surface area contributed by atoms with Crippen molar-refractivity contribution >= 4 is 39.3 Å². The Bertz CT molecular complexity index is 1220. The zero-order valence-electron chi connectivity index (χ0n) is 18.7. The van der Waals surface area contributed by atoms with Gasteiger partial charge in [0.25, 0.3) is 0 Å². The van der Waals surface area contributed by atoms with Crippen LogP contribution in [0.2, 0.25) is 5.02 Å². The summed E-state index contributed by atoms with van der Waals surface area (Å²) >= 11 is 6.25. The summed E-state index contributed by atoms with van der Waals surface area (Å²) in [6, 6.07) is 7.45. The van der Waals surface area contributed by atoms with Gasteiger partial charge >= 0.3 is 0 Å². The first-order chi connectivity index (χ1) is 15.1. The lowest BCUT2D eigenvalue weighted by Gasteiger charge is -2.28. The average molecular weight is 474 g/mol. The molecule has 4 rings (SSSR count). The second-order valence-electron chi connectivity index (χ2n) is 8.89. The summed E-state index contributed by atoms with van der Waals surface area (Å²) in [5, 5.41) is 10.2. The number of allylic oxidation sites excluding steroid dienone is 1. The van der Waals surface area contributed by atoms with Crippen molar-refractivity contribution in [3.63, 3.8) is 0 Å². The summed E-state index contributed by atoms with van der Waals surface area (Å²) in [6.07, 6.45) is 4.56. The fourth-order valence-electron chi connectivity index (χ4n) is 3.95. The van der Waals surface area contributed by atoms with Crippen molar-refractivity contribution in [2.24, 2.45) is 0 Å². The van der Waals surface area contributed by atoms with Gasteiger partial charge in [0, 0.05) is 22.3 Å². The number of benzene rings is 1. The van der Waals surface area contributed by atoms with Gasteiger partial charge in [-0.25, -0.2) is 18.7 Å². The molecule has 1 aromatic carbocycles. The van der Waals surface area contributed by atoms with E-state index in [0.29, 0.717) is 22.9 Å². The minimum atomic E-state index is -1.58. The molecule has 0 spiro atoms. The van der Waals surface area contributed by atoms with Gasteiger partial charge in [-0.15, -0.1) is 0 Å². The van der Waals surface area contributed by atoms with Crippen LogP contribution in [0.25, 0.3) is 11.0 Å². The summed E-state index contributed by atoms with van der Waals surface area (Å²) in [7, 11) is -1.58. The average Bonchev–Trinajstić information content (AvgIpc) is 3.22. The highest BCUT2D eigenvalue weighted by atomic mass is 35.5. The number of rotatable bonds is 7. The van der Waals surface area contributed by atoms with Gasteiger partial charge in [-0.05, 0) is 57.0 Å². The number of hydrogen-bond acceptors (Lipinski definition) is 5. The van der Waals surface area contributed by atoms with Gasteiger partial charge in [0.2, 0.25) is 0 Å². The quantitative estimate of drug-likeness (QED) is 0.535. The second-order valence-corrected chi connectivity index (χ2v) is 11.1. The number of aromatic nitrogens is 3. The molecule has 0 aliphatic carbocycles. The number of nitrogens with one attached hydrogen (secondary N) is 1. The Morgan fingerprint density at radius 2 is 2.09 bits per heavy atom. The van der Waals surface area contributed by atoms with Crippen LogP contribution in [0.1, 0.15) is 45.5 Å². The minimum absolute atomic E-state index is 0.201. The Labute approximate surface area is 195 Å². The van der Waals surface area contributed by atoms with Gasteiger partial charge in [-0.1, -0.05) is 25.1 Å². The molecule has 3 heterocycles. The number of pyridine rings is 1. The van der Waals surface area contributed by atoms with Crippen LogP contribution >= 0.6 is 11.6 Å². The second kappa shape index (κ2) is 8.17. The third-order valence-electron chi connectivity index (χ3n) is 6.40. The third kappa shape index (κ3) is 3.60. The maximum Gasteiger partial charge on any atom is 0.149 e. The summed E-state index contributed by atoms with van der Waals surface area (Å²) in [4.78, 5) is 14.3. The van der Waals surface area contributed by atoms with Crippen LogP contribution in [0.5, 0.6) is 0 Å². The Morgan fingerprint density at radius 3 is 2.78 bits per heavy atom. The van der Waals surface area contributed by atoms with E-state index >= 15 is 0 Å². The first-order valence-corrected chi connectivity index (χ1v) is 12.0. The fourth-order valence-corrected chi connectivity index (χ4v) is 4.85. The lowest BCUT2D eigenvalue weighted by Crippen LogP contribution is -2.39. The molecule has 0 saturated carbocycles. The number of imidazole rings is 1. The van der Waals surface area contributed by atoms with Gasteiger partial charge in [0.15, 0.2) is 0 Å². The van der Waals surface area contributed by atoms with E-state index in [1.807, 2.05) is 24.5 Å². The predicted molar refractivity (Wildman–Crippen MR) is 131 cm³/mol. The van der Waals surface area contributed by atoms with Crippen molar-refractivity contribution < 1.29 is 9.32 Å². The fraction of sp³-hybridized carbons (Fsp3) is 0.391. The lowest BCUT2D eigenvalue weighted by molar-refractivity contribution is 0.262. The molecule has 32 heavy (non-hydrogen) atoms. The van der Waals surface area contributed by atoms with Gasteiger partial charge in [-0.2, -0.15) is 0 Å². The zero-order chi connectivity index (χ0) is 23.3. The SMILES string of the molecule is C=C1N(Cc2nc3ccc(Cl)cc3n2NS(=O)C(C)(C)CO)c2cnccc2C1(C)CC. The molecule has 0 amide bonds. The van der Waals surface area contributed by atoms with Crippen molar-refractivity contribution in [2.45, 2.75) is 50.8 Å². The number of hydrogen-bond donors (Lipinski definition) is 2. The summed E-state index contributed by atoms with van der Waals surface area (Å²) in [6.45, 7) is 12.4. The van der Waals surface area contributed by atoms with Gasteiger partial charge < -0.3 is 10.0 Å². The Morgan fingerprint density at radius 1 is 1.34 bits per heavy atom. The van der Waals surface area contributed by atoms with Crippen molar-refractivity contribution in [1.82, 2.24) is 14.6 Å². The molecular weight excluding hydrogens is 446 g/mol. The molecule has 1 aliphatic heterocycles. The van der Waals surface area contributed by atoms with E-state index < -0.39 is 15.7 Å². The van der Waals surface area contributed by atoms with E-state index in [9.17, 15) is 9.32 Å². The van der Waals surface area contributed by atoms with E-state index in [2.05, 4.69) is 35.1 Å². The zero-order valence-corrected chi connectivity index (χ0v) is 20.3. The molecule has 0 saturated heterocycles. The largest absolute Gasteiger partial charge is 0.395 e. The topological polar surface area (TPSA) is 83.3 Å². The molecule has 1 aliphatic rings. The molecule has 7 nitrogen and oxygen atoms in total. The highest BCUT2D eigenvalue weighted by Crippen LogP contribution is 2.49. The summed E-state index contributed by atoms with van der Waals surface area (Å²) in [5.41, 5.74) is 4.39. The first-order valence-electron chi connectivity index (χ1n) is 10.5. The van der Waals surface area contributed by atoms with E-state index in [0.717, 1.165) is 23.3 Å². The smallest absolute Gasteiger partial charge is 0.149 e. The molecule has 2 unspecified atom stereocenters. The number of nitrogens with zero attached hydrogens (tertiary/aromatic N) is 4. The summed E-state index contributed by atoms with van der Waals surface area (Å²) < 4.78 is 13.9. The van der Waals surface area contributed by atoms with Crippen LogP contribution in [-0.4, -0.2) is 35.3 Å². The van der Waals surface area contributed by atoms with Crippen LogP contribution in [-0.2, 0) is 22.9 Å². The minimum Gasteiger partial charge on any atom is -0.395 e. The van der Waals surface area contributed by atoms with Gasteiger partial charge in [-0.3, -0.25) is 4.98 Å². The highest BCUT2D eigenvalue weighted by molar-refractivity contribution is 7.87. The molecular formula is C23H28ClN5O2S. The number of aliphatic hydroxyl groups excluding tert-OH is 1. The predicted octanol–water partition coefficient (Wildman–Crippen LogP) is 4.26. The monoisotopic (exact) mass is 473 g/mol. The Hall–Kier alpha value is -2.42. The van der Waals surface area contributed by atoms with Crippen molar-refractivity contribution in [3.05, 3.63) is 65.3 Å². The van der Waals surface area contributed by atoms with Crippen molar-refractivity contribution in [2.75, 3.05) is 16.3 Å². The Balaban J connectivity index is 1.80. The molecule has 0 fully saturated rings. The van der Waals surface area contributed by atoms with E-state index in [-0.39, 0.29) is 12.0 Å². The summed E-state index contributed by atoms with van der Waals surface area (Å²) in [5.74, 6) is 0.653. The first kappa shape index (κ1) is 22.8. The van der Waals surface area contributed by atoms with E-state index in [4.69, 9.17) is 16.6 Å². The molecule has 9 heteroatoms. The maximum absolute atomic E-state index is 13.0. The number of aliphatic hydroxyl groups is 1. The molecule has 3 aromatic rings. The maximum atomic E-state index is 13.0. The highest BCUT2D eigenvalue weighted by Gasteiger charge is 2.42. The molecule has 2 aromatic heterocycles. The number of halogens is 1.